The monoisotopic (exact) mass is 311 g/mol. The Hall–Kier alpha value is -2.14. The quantitative estimate of drug-likeness (QED) is 0.860. The van der Waals surface area contributed by atoms with Gasteiger partial charge in [0.1, 0.15) is 0 Å². The van der Waals surface area contributed by atoms with E-state index in [-0.39, 0.29) is 5.91 Å². The SMILES string of the molecule is Cc1cc(NC(=O)c2cccc(C3CC3NCC3CC3)c2)on1. The van der Waals surface area contributed by atoms with Crippen molar-refractivity contribution in [2.24, 2.45) is 5.92 Å². The van der Waals surface area contributed by atoms with Crippen molar-refractivity contribution >= 4 is 11.8 Å². The van der Waals surface area contributed by atoms with Crippen LogP contribution in [0.4, 0.5) is 5.88 Å². The van der Waals surface area contributed by atoms with Crippen LogP contribution in [-0.4, -0.2) is 23.7 Å². The molecule has 2 aromatic rings. The minimum atomic E-state index is -0.161. The standard InChI is InChI=1S/C18H21N3O2/c1-11-7-17(23-21-11)20-18(22)14-4-2-3-13(8-14)15-9-16(15)19-10-12-5-6-12/h2-4,7-8,12,15-16,19H,5-6,9-10H2,1H3,(H,20,22). The van der Waals surface area contributed by atoms with Crippen LogP contribution in [0.15, 0.2) is 34.9 Å². The number of aromatic nitrogens is 1. The van der Waals surface area contributed by atoms with Gasteiger partial charge in [-0.2, -0.15) is 0 Å². The van der Waals surface area contributed by atoms with Crippen LogP contribution in [0.5, 0.6) is 0 Å². The van der Waals surface area contributed by atoms with E-state index >= 15 is 0 Å². The van der Waals surface area contributed by atoms with Gasteiger partial charge in [-0.25, -0.2) is 0 Å². The smallest absolute Gasteiger partial charge is 0.258 e. The number of aryl methyl sites for hydroxylation is 1. The first-order valence-electron chi connectivity index (χ1n) is 8.27. The third-order valence-corrected chi connectivity index (χ3v) is 4.60. The number of carbonyl (C=O) groups is 1. The molecule has 2 aliphatic rings. The van der Waals surface area contributed by atoms with Gasteiger partial charge >= 0.3 is 0 Å². The van der Waals surface area contributed by atoms with Crippen LogP contribution in [0.1, 0.15) is 46.8 Å². The maximum Gasteiger partial charge on any atom is 0.258 e. The van der Waals surface area contributed by atoms with Crippen molar-refractivity contribution in [2.45, 2.75) is 38.1 Å². The summed E-state index contributed by atoms with van der Waals surface area (Å²) in [5, 5.41) is 10.1. The summed E-state index contributed by atoms with van der Waals surface area (Å²) in [7, 11) is 0. The molecule has 2 saturated carbocycles. The van der Waals surface area contributed by atoms with Crippen LogP contribution in [0.25, 0.3) is 0 Å². The van der Waals surface area contributed by atoms with Gasteiger partial charge in [-0.1, -0.05) is 17.3 Å². The van der Waals surface area contributed by atoms with Crippen molar-refractivity contribution in [3.8, 4) is 0 Å². The normalized spacial score (nSPS) is 22.8. The number of benzene rings is 1. The Morgan fingerprint density at radius 2 is 2.22 bits per heavy atom. The number of nitrogens with one attached hydrogen (secondary N) is 2. The molecule has 2 atom stereocenters. The Morgan fingerprint density at radius 1 is 1.35 bits per heavy atom. The average molecular weight is 311 g/mol. The maximum atomic E-state index is 12.3. The maximum absolute atomic E-state index is 12.3. The Balaban J connectivity index is 1.39. The molecule has 120 valence electrons. The van der Waals surface area contributed by atoms with Crippen molar-refractivity contribution < 1.29 is 9.32 Å². The average Bonchev–Trinajstić information content (AvgIpc) is 3.45. The zero-order valence-corrected chi connectivity index (χ0v) is 13.2. The van der Waals surface area contributed by atoms with E-state index in [1.54, 1.807) is 6.07 Å². The molecule has 5 heteroatoms. The Morgan fingerprint density at radius 3 is 2.96 bits per heavy atom. The second-order valence-electron chi connectivity index (χ2n) is 6.71. The fourth-order valence-electron chi connectivity index (χ4n) is 2.95. The third kappa shape index (κ3) is 3.45. The number of carbonyl (C=O) groups excluding carboxylic acids is 1. The highest BCUT2D eigenvalue weighted by Crippen LogP contribution is 2.41. The van der Waals surface area contributed by atoms with Gasteiger partial charge in [-0.3, -0.25) is 10.1 Å². The predicted octanol–water partition coefficient (Wildman–Crippen LogP) is 3.09. The number of nitrogens with zero attached hydrogens (tertiary/aromatic N) is 1. The summed E-state index contributed by atoms with van der Waals surface area (Å²) in [4.78, 5) is 12.3. The molecule has 1 aromatic carbocycles. The van der Waals surface area contributed by atoms with E-state index in [2.05, 4.69) is 21.9 Å². The van der Waals surface area contributed by atoms with Crippen molar-refractivity contribution in [3.63, 3.8) is 0 Å². The summed E-state index contributed by atoms with van der Waals surface area (Å²) in [5.74, 6) is 1.66. The number of anilines is 1. The van der Waals surface area contributed by atoms with Gasteiger partial charge in [0.25, 0.3) is 5.91 Å². The molecule has 2 fully saturated rings. The highest BCUT2D eigenvalue weighted by atomic mass is 16.5. The summed E-state index contributed by atoms with van der Waals surface area (Å²) in [6.07, 6.45) is 3.92. The molecule has 0 aliphatic heterocycles. The number of hydrogen-bond donors (Lipinski definition) is 2. The summed E-state index contributed by atoms with van der Waals surface area (Å²) in [6.45, 7) is 2.97. The van der Waals surface area contributed by atoms with Gasteiger partial charge in [-0.05, 0) is 56.3 Å². The Labute approximate surface area is 135 Å². The van der Waals surface area contributed by atoms with Crippen LogP contribution in [0.3, 0.4) is 0 Å². The molecule has 0 bridgehead atoms. The summed E-state index contributed by atoms with van der Waals surface area (Å²) < 4.78 is 5.03. The van der Waals surface area contributed by atoms with Gasteiger partial charge < -0.3 is 9.84 Å². The molecule has 0 radical (unpaired) electrons. The Kier molecular flexibility index (Phi) is 3.65. The molecule has 2 N–H and O–H groups in total. The van der Waals surface area contributed by atoms with E-state index in [1.165, 1.54) is 24.8 Å². The van der Waals surface area contributed by atoms with Crippen LogP contribution < -0.4 is 10.6 Å². The lowest BCUT2D eigenvalue weighted by Gasteiger charge is -2.06. The number of hydrogen-bond acceptors (Lipinski definition) is 4. The molecule has 0 spiro atoms. The van der Waals surface area contributed by atoms with E-state index in [1.807, 2.05) is 25.1 Å². The molecule has 2 aliphatic carbocycles. The van der Waals surface area contributed by atoms with Gasteiger partial charge in [0.05, 0.1) is 5.69 Å². The zero-order valence-electron chi connectivity index (χ0n) is 13.2. The second-order valence-corrected chi connectivity index (χ2v) is 6.71. The molecule has 23 heavy (non-hydrogen) atoms. The van der Waals surface area contributed by atoms with Gasteiger partial charge in [0, 0.05) is 23.6 Å². The lowest BCUT2D eigenvalue weighted by atomic mass is 10.1. The zero-order chi connectivity index (χ0) is 15.8. The fraction of sp³-hybridized carbons (Fsp3) is 0.444. The minimum Gasteiger partial charge on any atom is -0.338 e. The molecule has 4 rings (SSSR count). The third-order valence-electron chi connectivity index (χ3n) is 4.60. The molecule has 2 unspecified atom stereocenters. The summed E-state index contributed by atoms with van der Waals surface area (Å²) >= 11 is 0. The minimum absolute atomic E-state index is 0.161. The molecule has 5 nitrogen and oxygen atoms in total. The topological polar surface area (TPSA) is 67.2 Å². The van der Waals surface area contributed by atoms with Crippen LogP contribution >= 0.6 is 0 Å². The molecule has 1 amide bonds. The second kappa shape index (κ2) is 5.81. The lowest BCUT2D eigenvalue weighted by Crippen LogP contribution is -2.20. The van der Waals surface area contributed by atoms with Gasteiger partial charge in [0.2, 0.25) is 5.88 Å². The molecule has 1 aromatic heterocycles. The van der Waals surface area contributed by atoms with Crippen LogP contribution in [0.2, 0.25) is 0 Å². The molecular weight excluding hydrogens is 290 g/mol. The van der Waals surface area contributed by atoms with Crippen LogP contribution in [0, 0.1) is 12.8 Å². The van der Waals surface area contributed by atoms with E-state index in [9.17, 15) is 4.79 Å². The summed E-state index contributed by atoms with van der Waals surface area (Å²) in [6, 6.07) is 10.2. The van der Waals surface area contributed by atoms with Crippen molar-refractivity contribution in [1.82, 2.24) is 10.5 Å². The van der Waals surface area contributed by atoms with E-state index < -0.39 is 0 Å². The van der Waals surface area contributed by atoms with E-state index in [0.29, 0.717) is 23.4 Å². The number of rotatable bonds is 6. The molecule has 0 saturated heterocycles. The molecule has 1 heterocycles. The van der Waals surface area contributed by atoms with E-state index in [4.69, 9.17) is 4.52 Å². The van der Waals surface area contributed by atoms with Gasteiger partial charge in [0.15, 0.2) is 0 Å². The highest BCUT2D eigenvalue weighted by molar-refractivity contribution is 6.03. The van der Waals surface area contributed by atoms with Gasteiger partial charge in [-0.15, -0.1) is 0 Å². The fourth-order valence-corrected chi connectivity index (χ4v) is 2.95. The summed E-state index contributed by atoms with van der Waals surface area (Å²) in [5.41, 5.74) is 2.64. The highest BCUT2D eigenvalue weighted by Gasteiger charge is 2.39. The predicted molar refractivity (Wildman–Crippen MR) is 87.5 cm³/mol. The number of amides is 1. The van der Waals surface area contributed by atoms with E-state index in [0.717, 1.165) is 18.2 Å². The van der Waals surface area contributed by atoms with Crippen LogP contribution in [-0.2, 0) is 0 Å². The lowest BCUT2D eigenvalue weighted by molar-refractivity contribution is 0.102. The first kappa shape index (κ1) is 14.5. The van der Waals surface area contributed by atoms with Crippen molar-refractivity contribution in [1.29, 1.82) is 0 Å². The molecular formula is C18H21N3O2. The first-order valence-corrected chi connectivity index (χ1v) is 8.27. The first-order chi connectivity index (χ1) is 11.2. The van der Waals surface area contributed by atoms with Crippen molar-refractivity contribution in [3.05, 3.63) is 47.2 Å². The Bertz CT molecular complexity index is 721. The largest absolute Gasteiger partial charge is 0.338 e. The van der Waals surface area contributed by atoms with Crippen molar-refractivity contribution in [2.75, 3.05) is 11.9 Å².